The molecular weight excluding hydrogens is 193 g/mol. The third-order valence-corrected chi connectivity index (χ3v) is 0.286. The molecule has 0 spiro atoms. The molecule has 51 valence electrons. The van der Waals surface area contributed by atoms with E-state index in [1.54, 1.807) is 6.92 Å². The zero-order valence-electron chi connectivity index (χ0n) is 5.41. The first-order valence-electron chi connectivity index (χ1n) is 2.04. The minimum atomic E-state index is -0.0741. The molecule has 0 aliphatic carbocycles. The maximum atomic E-state index is 7.69. The van der Waals surface area contributed by atoms with Crippen molar-refractivity contribution in [2.45, 2.75) is 6.92 Å². The van der Waals surface area contributed by atoms with Gasteiger partial charge in [0.25, 0.3) is 0 Å². The minimum Gasteiger partial charge on any atom is -0.458 e. The molecule has 0 aliphatic heterocycles. The molecule has 4 heteroatoms. The number of amidine groups is 1. The first kappa shape index (κ1) is 16.1. The Balaban J connectivity index is -0.000000109. The van der Waals surface area contributed by atoms with E-state index in [0.29, 0.717) is 0 Å². The maximum Gasteiger partial charge on any atom is 0.00762 e. The van der Waals surface area contributed by atoms with Crippen molar-refractivity contribution in [1.82, 2.24) is 0 Å². The Labute approximate surface area is 80.9 Å². The van der Waals surface area contributed by atoms with Crippen LogP contribution < -0.4 is 5.73 Å². The van der Waals surface area contributed by atoms with Gasteiger partial charge in [-0.3, -0.25) is 6.58 Å². The second-order valence-corrected chi connectivity index (χ2v) is 0.692. The van der Waals surface area contributed by atoms with E-state index in [4.69, 9.17) is 17.5 Å². The fourth-order valence-corrected chi connectivity index (χ4v) is 0.0333. The van der Waals surface area contributed by atoms with Crippen molar-refractivity contribution < 1.29 is 37.9 Å². The standard InChI is InChI=1S/C3H5N2O.C2H5.Y/c1-2-3(4)5-6;1-2;/h1-2,6H,(H2,4,5);1H2,2H3;/q2*-1;. The normalized spacial score (nSPS) is 8.00. The van der Waals surface area contributed by atoms with Crippen LogP contribution in [-0.4, -0.2) is 11.0 Å². The van der Waals surface area contributed by atoms with E-state index in [1.165, 1.54) is 0 Å². The van der Waals surface area contributed by atoms with Crippen molar-refractivity contribution >= 4 is 5.84 Å². The molecular formula is C5H10N2OY-2. The third-order valence-electron chi connectivity index (χ3n) is 0.286. The van der Waals surface area contributed by atoms with E-state index in [2.05, 4.69) is 12.1 Å². The fourth-order valence-electron chi connectivity index (χ4n) is 0.0333. The number of hydrogen-bond donors (Lipinski definition) is 2. The van der Waals surface area contributed by atoms with Crippen molar-refractivity contribution in [3.8, 4) is 0 Å². The van der Waals surface area contributed by atoms with Gasteiger partial charge in [-0.25, -0.2) is 0 Å². The van der Waals surface area contributed by atoms with Gasteiger partial charge in [0.05, 0.1) is 0 Å². The summed E-state index contributed by atoms with van der Waals surface area (Å²) in [5, 5.41) is 10.2. The number of nitrogens with two attached hydrogens (primary N) is 1. The van der Waals surface area contributed by atoms with Gasteiger partial charge in [-0.2, -0.15) is 18.2 Å². The van der Waals surface area contributed by atoms with Gasteiger partial charge in [-0.05, 0) is 0 Å². The van der Waals surface area contributed by atoms with Crippen LogP contribution in [0.1, 0.15) is 6.92 Å². The smallest absolute Gasteiger partial charge is 0.00762 e. The molecule has 1 radical (unpaired) electrons. The Morgan fingerprint density at radius 3 is 2.11 bits per heavy atom. The summed E-state index contributed by atoms with van der Waals surface area (Å²) in [6.45, 7) is 9.74. The predicted octanol–water partition coefficient (Wildman–Crippen LogP) is 0.560. The zero-order chi connectivity index (χ0) is 6.99. The van der Waals surface area contributed by atoms with Crippen LogP contribution >= 0.6 is 0 Å². The van der Waals surface area contributed by atoms with E-state index in [1.807, 2.05) is 0 Å². The summed E-state index contributed by atoms with van der Waals surface area (Å²) < 4.78 is 0. The average molecular weight is 203 g/mol. The van der Waals surface area contributed by atoms with E-state index < -0.39 is 0 Å². The summed E-state index contributed by atoms with van der Waals surface area (Å²) in [6.07, 6.45) is 1.00. The van der Waals surface area contributed by atoms with E-state index in [-0.39, 0.29) is 38.5 Å². The fraction of sp³-hybridized carbons (Fsp3) is 0.200. The molecule has 0 amide bonds. The van der Waals surface area contributed by atoms with Crippen LogP contribution in [0.25, 0.3) is 0 Å². The number of oxime groups is 1. The molecule has 3 nitrogen and oxygen atoms in total. The SMILES string of the molecule is [CH-]=C/C(N)=N/O.[CH2-]C.[Y]. The predicted molar refractivity (Wildman–Crippen MR) is 33.3 cm³/mol. The summed E-state index contributed by atoms with van der Waals surface area (Å²) in [5.74, 6) is -0.0741. The number of nitrogens with zero attached hydrogens (tertiary/aromatic N) is 1. The van der Waals surface area contributed by atoms with Gasteiger partial charge in [0.15, 0.2) is 0 Å². The van der Waals surface area contributed by atoms with Crippen LogP contribution in [0.2, 0.25) is 0 Å². The van der Waals surface area contributed by atoms with Crippen molar-refractivity contribution in [3.63, 3.8) is 0 Å². The van der Waals surface area contributed by atoms with Crippen LogP contribution in [0.4, 0.5) is 0 Å². The second-order valence-electron chi connectivity index (χ2n) is 0.692. The summed E-state index contributed by atoms with van der Waals surface area (Å²) in [5.41, 5.74) is 4.79. The van der Waals surface area contributed by atoms with E-state index >= 15 is 0 Å². The molecule has 0 bridgehead atoms. The average Bonchev–Trinajstić information content (AvgIpc) is 1.91. The summed E-state index contributed by atoms with van der Waals surface area (Å²) >= 11 is 0. The van der Waals surface area contributed by atoms with E-state index in [9.17, 15) is 0 Å². The van der Waals surface area contributed by atoms with Crippen molar-refractivity contribution in [2.24, 2.45) is 10.9 Å². The molecule has 0 rings (SSSR count). The van der Waals surface area contributed by atoms with Gasteiger partial charge in [-0.1, -0.05) is 0 Å². The van der Waals surface area contributed by atoms with Gasteiger partial charge >= 0.3 is 0 Å². The molecule has 3 N–H and O–H groups in total. The van der Waals surface area contributed by atoms with Crippen LogP contribution in [0, 0.1) is 13.5 Å². The Morgan fingerprint density at radius 1 is 1.78 bits per heavy atom. The molecule has 0 aromatic carbocycles. The molecule has 0 saturated heterocycles. The quantitative estimate of drug-likeness (QED) is 0.215. The molecule has 0 atom stereocenters. The molecule has 0 unspecified atom stereocenters. The van der Waals surface area contributed by atoms with Crippen LogP contribution in [0.15, 0.2) is 11.2 Å². The van der Waals surface area contributed by atoms with Gasteiger partial charge in [0, 0.05) is 38.5 Å². The summed E-state index contributed by atoms with van der Waals surface area (Å²) in [7, 11) is 0. The Morgan fingerprint density at radius 2 is 2.11 bits per heavy atom. The van der Waals surface area contributed by atoms with Crippen molar-refractivity contribution in [3.05, 3.63) is 19.6 Å². The van der Waals surface area contributed by atoms with E-state index in [0.717, 1.165) is 6.08 Å². The third kappa shape index (κ3) is 17.9. The number of hydrogen-bond acceptors (Lipinski definition) is 2. The second kappa shape index (κ2) is 15.7. The molecule has 0 saturated carbocycles. The zero-order valence-corrected chi connectivity index (χ0v) is 8.25. The summed E-state index contributed by atoms with van der Waals surface area (Å²) in [4.78, 5) is 0. The Bertz CT molecular complexity index is 83.0. The number of rotatable bonds is 1. The topological polar surface area (TPSA) is 58.6 Å². The van der Waals surface area contributed by atoms with Gasteiger partial charge in [0.2, 0.25) is 0 Å². The molecule has 0 heterocycles. The van der Waals surface area contributed by atoms with Crippen LogP contribution in [0.5, 0.6) is 0 Å². The molecule has 0 aromatic heterocycles. The molecule has 0 aliphatic rings. The maximum absolute atomic E-state index is 7.69. The van der Waals surface area contributed by atoms with Crippen LogP contribution in [-0.2, 0) is 32.7 Å². The first-order valence-corrected chi connectivity index (χ1v) is 2.04. The molecule has 0 aromatic rings. The first-order chi connectivity index (χ1) is 3.81. The van der Waals surface area contributed by atoms with Crippen molar-refractivity contribution in [1.29, 1.82) is 0 Å². The largest absolute Gasteiger partial charge is 0.458 e. The summed E-state index contributed by atoms with van der Waals surface area (Å²) in [6, 6.07) is 0. The molecule has 0 fully saturated rings. The van der Waals surface area contributed by atoms with Crippen LogP contribution in [0.3, 0.4) is 0 Å². The minimum absolute atomic E-state index is 0. The molecule has 9 heavy (non-hydrogen) atoms. The van der Waals surface area contributed by atoms with Gasteiger partial charge in [-0.15, -0.1) is 0 Å². The van der Waals surface area contributed by atoms with Gasteiger partial charge < -0.3 is 17.9 Å². The monoisotopic (exact) mass is 203 g/mol. The van der Waals surface area contributed by atoms with Gasteiger partial charge in [0.1, 0.15) is 0 Å². The van der Waals surface area contributed by atoms with Crippen molar-refractivity contribution in [2.75, 3.05) is 0 Å². The Kier molecular flexibility index (Phi) is 28.0. The Hall–Kier alpha value is 0.114.